The molecule has 6 heteroatoms. The topological polar surface area (TPSA) is 77.0 Å². The third-order valence-electron chi connectivity index (χ3n) is 2.98. The van der Waals surface area contributed by atoms with E-state index in [2.05, 4.69) is 9.97 Å². The van der Waals surface area contributed by atoms with Crippen molar-refractivity contribution in [2.24, 2.45) is 0 Å². The summed E-state index contributed by atoms with van der Waals surface area (Å²) in [6.07, 6.45) is 6.23. The molecular formula is C11H11FN4O. The summed E-state index contributed by atoms with van der Waals surface area (Å²) < 4.78 is 15.2. The van der Waals surface area contributed by atoms with Gasteiger partial charge in [0.15, 0.2) is 5.82 Å². The van der Waals surface area contributed by atoms with Crippen molar-refractivity contribution < 1.29 is 9.50 Å². The minimum Gasteiger partial charge on any atom is -0.389 e. The number of aliphatic hydroxyl groups is 1. The van der Waals surface area contributed by atoms with Crippen molar-refractivity contribution in [2.45, 2.75) is 18.6 Å². The number of nitrogens with two attached hydrogens (primary N) is 1. The predicted molar refractivity (Wildman–Crippen MR) is 60.7 cm³/mol. The summed E-state index contributed by atoms with van der Waals surface area (Å²) in [6, 6.07) is -0.0547. The van der Waals surface area contributed by atoms with E-state index in [0.717, 1.165) is 6.20 Å². The summed E-state index contributed by atoms with van der Waals surface area (Å²) >= 11 is 0. The molecular weight excluding hydrogens is 223 g/mol. The number of nitrogens with zero attached hydrogens (tertiary/aromatic N) is 3. The van der Waals surface area contributed by atoms with Crippen molar-refractivity contribution in [3.05, 3.63) is 30.5 Å². The first-order chi connectivity index (χ1) is 8.16. The highest BCUT2D eigenvalue weighted by atomic mass is 19.1. The molecule has 2 aromatic heterocycles. The Labute approximate surface area is 96.4 Å². The first kappa shape index (κ1) is 10.2. The molecule has 0 amide bonds. The minimum absolute atomic E-state index is 0.0547. The number of hydrogen-bond acceptors (Lipinski definition) is 4. The normalized spacial score (nSPS) is 23.6. The second-order valence-electron chi connectivity index (χ2n) is 4.10. The molecule has 0 spiro atoms. The molecule has 0 radical (unpaired) electrons. The zero-order valence-corrected chi connectivity index (χ0v) is 8.92. The molecule has 1 unspecified atom stereocenters. The van der Waals surface area contributed by atoms with Crippen LogP contribution in [0.3, 0.4) is 0 Å². The van der Waals surface area contributed by atoms with Gasteiger partial charge in [0.05, 0.1) is 24.7 Å². The third kappa shape index (κ3) is 1.49. The van der Waals surface area contributed by atoms with E-state index >= 15 is 0 Å². The van der Waals surface area contributed by atoms with Crippen LogP contribution in [-0.4, -0.2) is 25.7 Å². The number of halogens is 1. The first-order valence-electron chi connectivity index (χ1n) is 5.29. The molecule has 17 heavy (non-hydrogen) atoms. The zero-order chi connectivity index (χ0) is 12.0. The van der Waals surface area contributed by atoms with Gasteiger partial charge >= 0.3 is 0 Å². The van der Waals surface area contributed by atoms with Crippen LogP contribution in [0, 0.1) is 5.82 Å². The Morgan fingerprint density at radius 3 is 2.94 bits per heavy atom. The van der Waals surface area contributed by atoms with E-state index in [1.54, 1.807) is 10.6 Å². The van der Waals surface area contributed by atoms with Gasteiger partial charge in [0.25, 0.3) is 0 Å². The van der Waals surface area contributed by atoms with E-state index in [9.17, 15) is 9.50 Å². The van der Waals surface area contributed by atoms with Gasteiger partial charge in [0.1, 0.15) is 16.9 Å². The monoisotopic (exact) mass is 234 g/mol. The SMILES string of the molecule is Nc1ncc(F)c2ncn(C3C=C[C@H](O)C3)c12. The zero-order valence-electron chi connectivity index (χ0n) is 8.92. The van der Waals surface area contributed by atoms with Crippen molar-refractivity contribution in [2.75, 3.05) is 5.73 Å². The maximum Gasteiger partial charge on any atom is 0.169 e. The Morgan fingerprint density at radius 2 is 2.24 bits per heavy atom. The third-order valence-corrected chi connectivity index (χ3v) is 2.98. The second kappa shape index (κ2) is 3.53. The van der Waals surface area contributed by atoms with Crippen LogP contribution in [0.1, 0.15) is 12.5 Å². The van der Waals surface area contributed by atoms with Crippen molar-refractivity contribution in [3.63, 3.8) is 0 Å². The van der Waals surface area contributed by atoms with Crippen LogP contribution in [0.4, 0.5) is 10.2 Å². The molecule has 5 nitrogen and oxygen atoms in total. The summed E-state index contributed by atoms with van der Waals surface area (Å²) in [5, 5.41) is 9.45. The maximum atomic E-state index is 13.5. The van der Waals surface area contributed by atoms with E-state index in [0.29, 0.717) is 11.9 Å². The molecule has 0 aliphatic heterocycles. The molecule has 3 N–H and O–H groups in total. The lowest BCUT2D eigenvalue weighted by Gasteiger charge is -2.12. The van der Waals surface area contributed by atoms with E-state index < -0.39 is 11.9 Å². The van der Waals surface area contributed by atoms with E-state index in [-0.39, 0.29) is 17.4 Å². The second-order valence-corrected chi connectivity index (χ2v) is 4.10. The smallest absolute Gasteiger partial charge is 0.169 e. The molecule has 3 rings (SSSR count). The standard InChI is InChI=1S/C11H11FN4O/c12-8-4-14-11(13)10-9(8)15-5-16(10)6-1-2-7(17)3-6/h1-2,4-7,17H,3H2,(H2,13,14)/t6?,7-/m0/s1. The number of fused-ring (bicyclic) bond motifs is 1. The summed E-state index contributed by atoms with van der Waals surface area (Å²) in [7, 11) is 0. The molecule has 2 atom stereocenters. The van der Waals surface area contributed by atoms with Gasteiger partial charge in [-0.05, 0) is 0 Å². The Bertz CT molecular complexity index is 607. The molecule has 1 aliphatic rings. The largest absolute Gasteiger partial charge is 0.389 e. The molecule has 2 aromatic rings. The Balaban J connectivity index is 2.18. The number of nitrogen functional groups attached to an aromatic ring is 1. The van der Waals surface area contributed by atoms with Crippen LogP contribution in [0.15, 0.2) is 24.7 Å². The van der Waals surface area contributed by atoms with Crippen molar-refractivity contribution in [3.8, 4) is 0 Å². The van der Waals surface area contributed by atoms with Crippen molar-refractivity contribution >= 4 is 16.9 Å². The number of imidazole rings is 1. The predicted octanol–water partition coefficient (Wildman–Crippen LogP) is 1.01. The fourth-order valence-corrected chi connectivity index (χ4v) is 2.16. The van der Waals surface area contributed by atoms with Gasteiger partial charge in [-0.1, -0.05) is 12.2 Å². The average Bonchev–Trinajstić information content (AvgIpc) is 2.89. The van der Waals surface area contributed by atoms with Gasteiger partial charge < -0.3 is 15.4 Å². The van der Waals surface area contributed by atoms with Gasteiger partial charge in [-0.3, -0.25) is 0 Å². The molecule has 0 aromatic carbocycles. The lowest BCUT2D eigenvalue weighted by molar-refractivity contribution is 0.211. The number of allylic oxidation sites excluding steroid dienone is 1. The lowest BCUT2D eigenvalue weighted by Crippen LogP contribution is -2.08. The Morgan fingerprint density at radius 1 is 1.41 bits per heavy atom. The van der Waals surface area contributed by atoms with E-state index in [1.165, 1.54) is 6.33 Å². The Hall–Kier alpha value is -1.95. The average molecular weight is 234 g/mol. The number of pyridine rings is 1. The number of rotatable bonds is 1. The quantitative estimate of drug-likeness (QED) is 0.722. The highest BCUT2D eigenvalue weighted by molar-refractivity contribution is 5.85. The number of hydrogen-bond donors (Lipinski definition) is 2. The highest BCUT2D eigenvalue weighted by Gasteiger charge is 2.22. The number of aliphatic hydroxyl groups excluding tert-OH is 1. The fraction of sp³-hybridized carbons (Fsp3) is 0.273. The first-order valence-corrected chi connectivity index (χ1v) is 5.29. The molecule has 0 saturated heterocycles. The van der Waals surface area contributed by atoms with Gasteiger partial charge in [-0.2, -0.15) is 0 Å². The van der Waals surface area contributed by atoms with Crippen LogP contribution >= 0.6 is 0 Å². The van der Waals surface area contributed by atoms with Crippen LogP contribution in [0.5, 0.6) is 0 Å². The highest BCUT2D eigenvalue weighted by Crippen LogP contribution is 2.29. The Kier molecular flexibility index (Phi) is 2.12. The van der Waals surface area contributed by atoms with Crippen LogP contribution in [0.25, 0.3) is 11.0 Å². The van der Waals surface area contributed by atoms with E-state index in [4.69, 9.17) is 5.73 Å². The fourth-order valence-electron chi connectivity index (χ4n) is 2.16. The van der Waals surface area contributed by atoms with Gasteiger partial charge in [0.2, 0.25) is 0 Å². The summed E-state index contributed by atoms with van der Waals surface area (Å²) in [5.41, 5.74) is 6.44. The molecule has 88 valence electrons. The van der Waals surface area contributed by atoms with Crippen molar-refractivity contribution in [1.82, 2.24) is 14.5 Å². The molecule has 0 fully saturated rings. The molecule has 0 saturated carbocycles. The van der Waals surface area contributed by atoms with Gasteiger partial charge in [0, 0.05) is 6.42 Å². The van der Waals surface area contributed by atoms with Gasteiger partial charge in [-0.15, -0.1) is 0 Å². The molecule has 1 aliphatic carbocycles. The summed E-state index contributed by atoms with van der Waals surface area (Å²) in [4.78, 5) is 7.79. The minimum atomic E-state index is -0.490. The molecule has 2 heterocycles. The van der Waals surface area contributed by atoms with Gasteiger partial charge in [-0.25, -0.2) is 14.4 Å². The maximum absolute atomic E-state index is 13.5. The van der Waals surface area contributed by atoms with Crippen LogP contribution < -0.4 is 5.73 Å². The van der Waals surface area contributed by atoms with E-state index in [1.807, 2.05) is 6.08 Å². The number of anilines is 1. The van der Waals surface area contributed by atoms with Crippen LogP contribution in [-0.2, 0) is 0 Å². The molecule has 0 bridgehead atoms. The summed E-state index contributed by atoms with van der Waals surface area (Å²) in [6.45, 7) is 0. The number of aromatic nitrogens is 3. The lowest BCUT2D eigenvalue weighted by atomic mass is 10.2. The van der Waals surface area contributed by atoms with Crippen molar-refractivity contribution in [1.29, 1.82) is 0 Å². The summed E-state index contributed by atoms with van der Waals surface area (Å²) in [5.74, 6) is -0.246. The van der Waals surface area contributed by atoms with Crippen LogP contribution in [0.2, 0.25) is 0 Å².